The predicted octanol–water partition coefficient (Wildman–Crippen LogP) is 2.11. The van der Waals surface area contributed by atoms with Gasteiger partial charge in [-0.1, -0.05) is 0 Å². The van der Waals surface area contributed by atoms with Gasteiger partial charge in [0.2, 0.25) is 0 Å². The van der Waals surface area contributed by atoms with Crippen molar-refractivity contribution in [3.63, 3.8) is 0 Å². The van der Waals surface area contributed by atoms with E-state index in [1.165, 1.54) is 0 Å². The molecular weight excluding hydrogens is 255 g/mol. The van der Waals surface area contributed by atoms with E-state index in [1.54, 1.807) is 26.4 Å². The smallest absolute Gasteiger partial charge is 0.136 e. The summed E-state index contributed by atoms with van der Waals surface area (Å²) in [6.45, 7) is 0. The summed E-state index contributed by atoms with van der Waals surface area (Å²) in [4.78, 5) is 0. The first kappa shape index (κ1) is 8.64. The molecular formula is C8H8IO2. The van der Waals surface area contributed by atoms with Gasteiger partial charge in [-0.05, 0) is 40.8 Å². The van der Waals surface area contributed by atoms with Crippen molar-refractivity contribution in [2.45, 2.75) is 0 Å². The van der Waals surface area contributed by atoms with E-state index < -0.39 is 0 Å². The minimum absolute atomic E-state index is 0.796. The van der Waals surface area contributed by atoms with Gasteiger partial charge in [0.05, 0.1) is 17.8 Å². The van der Waals surface area contributed by atoms with Crippen molar-refractivity contribution in [2.24, 2.45) is 0 Å². The lowest BCUT2D eigenvalue weighted by atomic mass is 10.3. The lowest BCUT2D eigenvalue weighted by Gasteiger charge is -2.06. The molecule has 0 N–H and O–H groups in total. The molecule has 0 atom stereocenters. The lowest BCUT2D eigenvalue weighted by Crippen LogP contribution is -1.91. The Morgan fingerprint density at radius 3 is 2.00 bits per heavy atom. The third-order valence-electron chi connectivity index (χ3n) is 1.30. The number of rotatable bonds is 2. The molecule has 0 spiro atoms. The first-order valence-corrected chi connectivity index (χ1v) is 4.15. The largest absolute Gasteiger partial charge is 0.495 e. The molecule has 0 aromatic heterocycles. The van der Waals surface area contributed by atoms with Crippen molar-refractivity contribution in [3.05, 3.63) is 21.8 Å². The maximum absolute atomic E-state index is 5.07. The van der Waals surface area contributed by atoms with Gasteiger partial charge in [-0.2, -0.15) is 0 Å². The molecule has 11 heavy (non-hydrogen) atoms. The number of halogens is 1. The second-order valence-corrected chi connectivity index (χ2v) is 2.98. The molecule has 0 unspecified atom stereocenters. The van der Waals surface area contributed by atoms with Gasteiger partial charge in [0.15, 0.2) is 0 Å². The SMILES string of the molecule is COc1c[c]cc(OC)c1I. The van der Waals surface area contributed by atoms with E-state index in [-0.39, 0.29) is 0 Å². The first-order valence-electron chi connectivity index (χ1n) is 3.07. The quantitative estimate of drug-likeness (QED) is 0.761. The fourth-order valence-corrected chi connectivity index (χ4v) is 1.49. The summed E-state index contributed by atoms with van der Waals surface area (Å²) < 4.78 is 11.1. The van der Waals surface area contributed by atoms with Gasteiger partial charge >= 0.3 is 0 Å². The molecule has 1 rings (SSSR count). The van der Waals surface area contributed by atoms with Gasteiger partial charge in [-0.15, -0.1) is 0 Å². The summed E-state index contributed by atoms with van der Waals surface area (Å²) in [7, 11) is 3.26. The van der Waals surface area contributed by atoms with Gasteiger partial charge in [-0.25, -0.2) is 0 Å². The van der Waals surface area contributed by atoms with E-state index in [0.717, 1.165) is 15.1 Å². The third-order valence-corrected chi connectivity index (χ3v) is 2.36. The van der Waals surface area contributed by atoms with E-state index in [9.17, 15) is 0 Å². The molecule has 0 amide bonds. The Morgan fingerprint density at radius 2 is 1.64 bits per heavy atom. The molecule has 1 radical (unpaired) electrons. The van der Waals surface area contributed by atoms with Crippen LogP contribution in [-0.2, 0) is 0 Å². The van der Waals surface area contributed by atoms with Crippen molar-refractivity contribution in [1.82, 2.24) is 0 Å². The zero-order valence-corrected chi connectivity index (χ0v) is 8.51. The highest BCUT2D eigenvalue weighted by atomic mass is 127. The van der Waals surface area contributed by atoms with Crippen LogP contribution in [0, 0.1) is 9.64 Å². The zero-order valence-electron chi connectivity index (χ0n) is 6.35. The fourth-order valence-electron chi connectivity index (χ4n) is 0.738. The Labute approximate surface area is 79.7 Å². The average Bonchev–Trinajstić information content (AvgIpc) is 2.05. The normalized spacial score (nSPS) is 9.36. The molecule has 59 valence electrons. The number of ether oxygens (including phenoxy) is 2. The van der Waals surface area contributed by atoms with Gasteiger partial charge < -0.3 is 9.47 Å². The second-order valence-electron chi connectivity index (χ2n) is 1.91. The van der Waals surface area contributed by atoms with Crippen molar-refractivity contribution in [1.29, 1.82) is 0 Å². The van der Waals surface area contributed by atoms with E-state index in [0.29, 0.717) is 0 Å². The Kier molecular flexibility index (Phi) is 2.99. The van der Waals surface area contributed by atoms with Crippen LogP contribution in [0.4, 0.5) is 0 Å². The van der Waals surface area contributed by atoms with Crippen LogP contribution in [0.2, 0.25) is 0 Å². The highest BCUT2D eigenvalue weighted by Gasteiger charge is 2.04. The second kappa shape index (κ2) is 3.80. The summed E-state index contributed by atoms with van der Waals surface area (Å²) in [6, 6.07) is 6.48. The molecule has 0 aliphatic heterocycles. The maximum Gasteiger partial charge on any atom is 0.136 e. The molecule has 0 fully saturated rings. The monoisotopic (exact) mass is 263 g/mol. The lowest BCUT2D eigenvalue weighted by molar-refractivity contribution is 0.389. The number of methoxy groups -OCH3 is 2. The molecule has 0 saturated heterocycles. The summed E-state index contributed by atoms with van der Waals surface area (Å²) >= 11 is 2.17. The van der Waals surface area contributed by atoms with E-state index in [2.05, 4.69) is 28.7 Å². The highest BCUT2D eigenvalue weighted by molar-refractivity contribution is 14.1. The van der Waals surface area contributed by atoms with Crippen LogP contribution in [0.1, 0.15) is 0 Å². The summed E-state index contributed by atoms with van der Waals surface area (Å²) in [6.07, 6.45) is 0. The van der Waals surface area contributed by atoms with E-state index in [1.807, 2.05) is 0 Å². The molecule has 0 bridgehead atoms. The van der Waals surface area contributed by atoms with Gasteiger partial charge in [0.25, 0.3) is 0 Å². The molecule has 0 aliphatic rings. The molecule has 0 saturated carbocycles. The van der Waals surface area contributed by atoms with Crippen LogP contribution < -0.4 is 9.47 Å². The topological polar surface area (TPSA) is 18.5 Å². The first-order chi connectivity index (χ1) is 5.29. The summed E-state index contributed by atoms with van der Waals surface area (Å²) in [5, 5.41) is 0. The van der Waals surface area contributed by atoms with E-state index in [4.69, 9.17) is 9.47 Å². The highest BCUT2D eigenvalue weighted by Crippen LogP contribution is 2.28. The Morgan fingerprint density at radius 1 is 1.18 bits per heavy atom. The Hall–Kier alpha value is -0.450. The molecule has 1 aromatic carbocycles. The Bertz CT molecular complexity index is 226. The van der Waals surface area contributed by atoms with Crippen LogP contribution in [0.25, 0.3) is 0 Å². The maximum atomic E-state index is 5.07. The minimum Gasteiger partial charge on any atom is -0.495 e. The zero-order chi connectivity index (χ0) is 8.27. The predicted molar refractivity (Wildman–Crippen MR) is 51.1 cm³/mol. The van der Waals surface area contributed by atoms with Gasteiger partial charge in [0.1, 0.15) is 11.5 Å². The van der Waals surface area contributed by atoms with E-state index >= 15 is 0 Å². The molecule has 0 heterocycles. The summed E-state index contributed by atoms with van der Waals surface area (Å²) in [5.74, 6) is 1.59. The minimum atomic E-state index is 0.796. The van der Waals surface area contributed by atoms with Crippen LogP contribution in [-0.4, -0.2) is 14.2 Å². The van der Waals surface area contributed by atoms with Crippen molar-refractivity contribution in [3.8, 4) is 11.5 Å². The molecule has 2 nitrogen and oxygen atoms in total. The number of benzene rings is 1. The summed E-state index contributed by atoms with van der Waals surface area (Å²) in [5.41, 5.74) is 0. The van der Waals surface area contributed by atoms with Crippen molar-refractivity contribution >= 4 is 22.6 Å². The number of hydrogen-bond acceptors (Lipinski definition) is 2. The third kappa shape index (κ3) is 1.77. The fraction of sp³-hybridized carbons (Fsp3) is 0.250. The standard InChI is InChI=1S/C8H8IO2/c1-10-6-4-3-5-7(11-2)8(6)9/h4-5H,1-2H3. The molecule has 1 aromatic rings. The molecule has 0 aliphatic carbocycles. The van der Waals surface area contributed by atoms with Crippen molar-refractivity contribution < 1.29 is 9.47 Å². The van der Waals surface area contributed by atoms with Crippen LogP contribution in [0.15, 0.2) is 12.1 Å². The average molecular weight is 263 g/mol. The van der Waals surface area contributed by atoms with Crippen LogP contribution >= 0.6 is 22.6 Å². The Balaban J connectivity index is 3.10. The number of hydrogen-bond donors (Lipinski definition) is 0. The molecule has 3 heteroatoms. The van der Waals surface area contributed by atoms with Crippen LogP contribution in [0.3, 0.4) is 0 Å². The van der Waals surface area contributed by atoms with Crippen molar-refractivity contribution in [2.75, 3.05) is 14.2 Å². The van der Waals surface area contributed by atoms with Crippen LogP contribution in [0.5, 0.6) is 11.5 Å². The van der Waals surface area contributed by atoms with Gasteiger partial charge in [-0.3, -0.25) is 0 Å². The van der Waals surface area contributed by atoms with Gasteiger partial charge in [0, 0.05) is 0 Å².